The monoisotopic (exact) mass is 435 g/mol. The van der Waals surface area contributed by atoms with E-state index in [1.165, 1.54) is 22.5 Å². The van der Waals surface area contributed by atoms with Crippen molar-refractivity contribution in [3.05, 3.63) is 58.7 Å². The molecule has 4 aromatic rings. The average molecular weight is 436 g/mol. The smallest absolute Gasteiger partial charge is 0.273 e. The Morgan fingerprint density at radius 1 is 1.07 bits per heavy atom. The summed E-state index contributed by atoms with van der Waals surface area (Å²) in [6, 6.07) is 10.2. The maximum Gasteiger partial charge on any atom is 0.273 e. The summed E-state index contributed by atoms with van der Waals surface area (Å²) in [4.78, 5) is 31.8. The van der Waals surface area contributed by atoms with Crippen LogP contribution in [0.15, 0.2) is 41.9 Å². The molecule has 1 aromatic carbocycles. The topological polar surface area (TPSA) is 62.2 Å². The second kappa shape index (κ2) is 7.77. The lowest BCUT2D eigenvalue weighted by Gasteiger charge is -2.34. The molecule has 8 heteroatoms. The maximum absolute atomic E-state index is 13.0. The third kappa shape index (κ3) is 3.57. The van der Waals surface area contributed by atoms with Gasteiger partial charge in [0.1, 0.15) is 21.0 Å². The number of benzene rings is 1. The third-order valence-corrected chi connectivity index (χ3v) is 7.24. The summed E-state index contributed by atoms with van der Waals surface area (Å²) in [6.45, 7) is 7.02. The highest BCUT2D eigenvalue weighted by Crippen LogP contribution is 2.29. The summed E-state index contributed by atoms with van der Waals surface area (Å²) in [5.41, 5.74) is 4.97. The van der Waals surface area contributed by atoms with Crippen molar-refractivity contribution in [2.24, 2.45) is 0 Å². The van der Waals surface area contributed by atoms with E-state index in [2.05, 4.69) is 51.9 Å². The van der Waals surface area contributed by atoms with Gasteiger partial charge in [0.2, 0.25) is 0 Å². The first-order valence-corrected chi connectivity index (χ1v) is 11.6. The second-order valence-corrected chi connectivity index (χ2v) is 9.27. The molecule has 30 heavy (non-hydrogen) atoms. The van der Waals surface area contributed by atoms with Gasteiger partial charge in [-0.1, -0.05) is 35.1 Å². The van der Waals surface area contributed by atoms with Crippen molar-refractivity contribution >= 4 is 44.1 Å². The number of anilines is 1. The highest BCUT2D eigenvalue weighted by Gasteiger charge is 2.25. The normalized spacial score (nSPS) is 14.5. The molecule has 1 saturated heterocycles. The Balaban J connectivity index is 1.27. The van der Waals surface area contributed by atoms with E-state index in [9.17, 15) is 4.79 Å². The number of piperazine rings is 1. The zero-order valence-corrected chi connectivity index (χ0v) is 18.5. The van der Waals surface area contributed by atoms with Gasteiger partial charge in [-0.3, -0.25) is 4.79 Å². The van der Waals surface area contributed by atoms with E-state index >= 15 is 0 Å². The fourth-order valence-corrected chi connectivity index (χ4v) is 5.55. The van der Waals surface area contributed by atoms with Crippen LogP contribution in [0.4, 0.5) is 5.13 Å². The van der Waals surface area contributed by atoms with E-state index in [0.717, 1.165) is 39.1 Å². The van der Waals surface area contributed by atoms with Crippen molar-refractivity contribution in [1.82, 2.24) is 19.9 Å². The van der Waals surface area contributed by atoms with Gasteiger partial charge in [-0.05, 0) is 31.5 Å². The van der Waals surface area contributed by atoms with Crippen LogP contribution < -0.4 is 4.90 Å². The van der Waals surface area contributed by atoms with Crippen molar-refractivity contribution in [2.45, 2.75) is 13.8 Å². The lowest BCUT2D eigenvalue weighted by molar-refractivity contribution is 0.0742. The molecule has 0 N–H and O–H groups in total. The molecular formula is C22H21N5OS2. The van der Waals surface area contributed by atoms with Gasteiger partial charge in [0.15, 0.2) is 5.13 Å². The van der Waals surface area contributed by atoms with Gasteiger partial charge in [-0.15, -0.1) is 11.3 Å². The number of carbonyl (C=O) groups is 1. The van der Waals surface area contributed by atoms with Gasteiger partial charge >= 0.3 is 0 Å². The van der Waals surface area contributed by atoms with Crippen LogP contribution in [0.3, 0.4) is 0 Å². The highest BCUT2D eigenvalue weighted by molar-refractivity contribution is 7.21. The molecule has 1 amide bonds. The largest absolute Gasteiger partial charge is 0.344 e. The number of thiazole rings is 2. The molecule has 0 radical (unpaired) electrons. The van der Waals surface area contributed by atoms with Crippen LogP contribution in [-0.4, -0.2) is 51.9 Å². The molecule has 0 unspecified atom stereocenters. The molecule has 1 fully saturated rings. The Kier molecular flexibility index (Phi) is 4.96. The van der Waals surface area contributed by atoms with E-state index in [-0.39, 0.29) is 5.91 Å². The van der Waals surface area contributed by atoms with Crippen LogP contribution in [0.25, 0.3) is 20.9 Å². The van der Waals surface area contributed by atoms with Crippen molar-refractivity contribution < 1.29 is 4.79 Å². The molecule has 0 spiro atoms. The number of amides is 1. The van der Waals surface area contributed by atoms with Gasteiger partial charge in [0.25, 0.3) is 5.91 Å². The molecule has 152 valence electrons. The molecule has 3 aromatic heterocycles. The summed E-state index contributed by atoms with van der Waals surface area (Å²) in [5, 5.41) is 3.75. The number of fused-ring (bicyclic) bond motifs is 1. The zero-order chi connectivity index (χ0) is 20.7. The lowest BCUT2D eigenvalue weighted by Crippen LogP contribution is -2.48. The lowest BCUT2D eigenvalue weighted by atomic mass is 10.1. The van der Waals surface area contributed by atoms with Crippen LogP contribution in [0.1, 0.15) is 21.6 Å². The van der Waals surface area contributed by atoms with Crippen LogP contribution in [0, 0.1) is 13.8 Å². The van der Waals surface area contributed by atoms with Gasteiger partial charge < -0.3 is 9.80 Å². The maximum atomic E-state index is 13.0. The van der Waals surface area contributed by atoms with Gasteiger partial charge in [-0.2, -0.15) is 0 Å². The number of carbonyl (C=O) groups excluding carboxylic acids is 1. The predicted octanol–water partition coefficient (Wildman–Crippen LogP) is 4.39. The van der Waals surface area contributed by atoms with Gasteiger partial charge in [0, 0.05) is 43.3 Å². The summed E-state index contributed by atoms with van der Waals surface area (Å²) < 4.78 is 0. The Hall–Kier alpha value is -2.84. The predicted molar refractivity (Wildman–Crippen MR) is 123 cm³/mol. The van der Waals surface area contributed by atoms with Crippen LogP contribution in [0.5, 0.6) is 0 Å². The molecule has 0 bridgehead atoms. The number of aromatic nitrogens is 3. The minimum absolute atomic E-state index is 0.00730. The van der Waals surface area contributed by atoms with E-state index in [1.807, 2.05) is 22.4 Å². The molecule has 4 heterocycles. The number of rotatable bonds is 3. The molecular weight excluding hydrogens is 414 g/mol. The summed E-state index contributed by atoms with van der Waals surface area (Å²) >= 11 is 3.13. The van der Waals surface area contributed by atoms with E-state index in [4.69, 9.17) is 0 Å². The standard InChI is InChI=1S/C22H21N5OS2/c1-14-5-6-16(15(2)12-14)19-24-18(13-29-19)21(28)26-8-10-27(11-9-26)22-25-17-4-3-7-23-20(17)30-22/h3-7,12-13H,8-11H2,1-2H3. The first kappa shape index (κ1) is 19.1. The third-order valence-electron chi connectivity index (χ3n) is 5.33. The van der Waals surface area contributed by atoms with E-state index in [0.29, 0.717) is 18.8 Å². The Bertz CT molecular complexity index is 1190. The van der Waals surface area contributed by atoms with Crippen molar-refractivity contribution in [2.75, 3.05) is 31.1 Å². The molecule has 1 aliphatic rings. The fourth-order valence-electron chi connectivity index (χ4n) is 3.71. The Morgan fingerprint density at radius 3 is 2.67 bits per heavy atom. The Morgan fingerprint density at radius 2 is 1.90 bits per heavy atom. The van der Waals surface area contributed by atoms with Crippen molar-refractivity contribution in [3.63, 3.8) is 0 Å². The number of hydrogen-bond acceptors (Lipinski definition) is 7. The Labute approximate surface area is 182 Å². The van der Waals surface area contributed by atoms with E-state index in [1.54, 1.807) is 17.5 Å². The van der Waals surface area contributed by atoms with Crippen molar-refractivity contribution in [1.29, 1.82) is 0 Å². The number of hydrogen-bond donors (Lipinski definition) is 0. The zero-order valence-electron chi connectivity index (χ0n) is 16.8. The number of aryl methyl sites for hydroxylation is 2. The molecule has 0 atom stereocenters. The SMILES string of the molecule is Cc1ccc(-c2nc(C(=O)N3CCN(c4nc5cccnc5s4)CC3)cs2)c(C)c1. The average Bonchev–Trinajstić information content (AvgIpc) is 3.41. The molecule has 5 rings (SSSR count). The minimum Gasteiger partial charge on any atom is -0.344 e. The van der Waals surface area contributed by atoms with Gasteiger partial charge in [-0.25, -0.2) is 15.0 Å². The number of nitrogens with zero attached hydrogens (tertiary/aromatic N) is 5. The van der Waals surface area contributed by atoms with E-state index < -0.39 is 0 Å². The molecule has 6 nitrogen and oxygen atoms in total. The quantitative estimate of drug-likeness (QED) is 0.477. The van der Waals surface area contributed by atoms with Crippen molar-refractivity contribution in [3.8, 4) is 10.6 Å². The van der Waals surface area contributed by atoms with Crippen LogP contribution >= 0.6 is 22.7 Å². The molecule has 0 aliphatic carbocycles. The summed E-state index contributed by atoms with van der Waals surface area (Å²) in [5.74, 6) is 0.00730. The first-order chi connectivity index (χ1) is 14.6. The first-order valence-electron chi connectivity index (χ1n) is 9.87. The molecule has 0 saturated carbocycles. The minimum atomic E-state index is 0.00730. The van der Waals surface area contributed by atoms with Gasteiger partial charge in [0.05, 0.1) is 0 Å². The summed E-state index contributed by atoms with van der Waals surface area (Å²) in [6.07, 6.45) is 1.79. The second-order valence-electron chi connectivity index (χ2n) is 7.46. The highest BCUT2D eigenvalue weighted by atomic mass is 32.1. The van der Waals surface area contributed by atoms with Crippen LogP contribution in [-0.2, 0) is 0 Å². The van der Waals surface area contributed by atoms with Crippen LogP contribution in [0.2, 0.25) is 0 Å². The molecule has 1 aliphatic heterocycles. The fraction of sp³-hybridized carbons (Fsp3) is 0.273. The summed E-state index contributed by atoms with van der Waals surface area (Å²) in [7, 11) is 0. The number of pyridine rings is 1.